The van der Waals surface area contributed by atoms with Crippen LogP contribution in [0.2, 0.25) is 10.0 Å². The summed E-state index contributed by atoms with van der Waals surface area (Å²) in [6.45, 7) is 1.72. The van der Waals surface area contributed by atoms with E-state index in [1.54, 1.807) is 36.4 Å². The highest BCUT2D eigenvalue weighted by Gasteiger charge is 2.11. The van der Waals surface area contributed by atoms with Crippen molar-refractivity contribution in [3.8, 4) is 11.4 Å². The molecule has 0 fully saturated rings. The lowest BCUT2D eigenvalue weighted by molar-refractivity contribution is -0.118. The minimum Gasteiger partial charge on any atom is -0.484 e. The van der Waals surface area contributed by atoms with Crippen LogP contribution in [0, 0.1) is 6.92 Å². The van der Waals surface area contributed by atoms with Gasteiger partial charge in [-0.15, -0.1) is 0 Å². The molecular formula is C17H14Cl2N4O2. The number of rotatable bonds is 5. The molecule has 0 spiro atoms. The Hall–Kier alpha value is -2.57. The Morgan fingerprint density at radius 3 is 2.80 bits per heavy atom. The molecule has 0 aliphatic heterocycles. The maximum atomic E-state index is 12.2. The predicted molar refractivity (Wildman–Crippen MR) is 96.7 cm³/mol. The van der Waals surface area contributed by atoms with Gasteiger partial charge in [0.1, 0.15) is 18.4 Å². The van der Waals surface area contributed by atoms with Gasteiger partial charge >= 0.3 is 0 Å². The summed E-state index contributed by atoms with van der Waals surface area (Å²) in [6.07, 6.45) is 2.94. The standard InChI is InChI=1S/C17H14Cl2N4O2/c1-11-6-13(3-4-14(11)19)25-8-17(24)22-15-7-12(18)2-5-16(15)23-10-20-9-21-23/h2-7,9-10H,8H2,1H3,(H,22,24). The summed E-state index contributed by atoms with van der Waals surface area (Å²) in [5.74, 6) is 0.246. The molecule has 0 unspecified atom stereocenters. The lowest BCUT2D eigenvalue weighted by atomic mass is 10.2. The Bertz CT molecular complexity index is 898. The first kappa shape index (κ1) is 17.3. The fourth-order valence-electron chi connectivity index (χ4n) is 2.18. The number of aromatic nitrogens is 3. The highest BCUT2D eigenvalue weighted by atomic mass is 35.5. The number of nitrogens with one attached hydrogen (secondary N) is 1. The first-order chi connectivity index (χ1) is 12.0. The van der Waals surface area contributed by atoms with Crippen LogP contribution in [0.15, 0.2) is 49.1 Å². The second kappa shape index (κ2) is 7.55. The molecule has 25 heavy (non-hydrogen) atoms. The van der Waals surface area contributed by atoms with E-state index in [2.05, 4.69) is 15.4 Å². The smallest absolute Gasteiger partial charge is 0.262 e. The fourth-order valence-corrected chi connectivity index (χ4v) is 2.47. The molecule has 0 bridgehead atoms. The van der Waals surface area contributed by atoms with Crippen molar-refractivity contribution in [2.45, 2.75) is 6.92 Å². The molecule has 2 aromatic carbocycles. The van der Waals surface area contributed by atoms with Gasteiger partial charge in [-0.25, -0.2) is 9.67 Å². The molecule has 0 aliphatic carbocycles. The van der Waals surface area contributed by atoms with Crippen LogP contribution in [0.25, 0.3) is 5.69 Å². The van der Waals surface area contributed by atoms with Gasteiger partial charge in [-0.3, -0.25) is 4.79 Å². The zero-order valence-electron chi connectivity index (χ0n) is 13.2. The molecule has 1 N–H and O–H groups in total. The normalized spacial score (nSPS) is 10.5. The summed E-state index contributed by atoms with van der Waals surface area (Å²) in [6, 6.07) is 10.3. The molecule has 0 saturated carbocycles. The van der Waals surface area contributed by atoms with E-state index in [0.29, 0.717) is 27.2 Å². The van der Waals surface area contributed by atoms with Crippen LogP contribution in [0.1, 0.15) is 5.56 Å². The third-order valence-electron chi connectivity index (χ3n) is 3.40. The Kier molecular flexibility index (Phi) is 5.21. The Balaban J connectivity index is 1.70. The number of nitrogens with zero attached hydrogens (tertiary/aromatic N) is 3. The lowest BCUT2D eigenvalue weighted by Gasteiger charge is -2.12. The number of ether oxygens (including phenoxy) is 1. The number of aryl methyl sites for hydroxylation is 1. The molecule has 0 atom stereocenters. The summed E-state index contributed by atoms with van der Waals surface area (Å²) in [7, 11) is 0. The van der Waals surface area contributed by atoms with E-state index in [-0.39, 0.29) is 12.5 Å². The number of carbonyl (C=O) groups excluding carboxylic acids is 1. The van der Waals surface area contributed by atoms with Crippen molar-refractivity contribution in [1.82, 2.24) is 14.8 Å². The van der Waals surface area contributed by atoms with E-state index in [9.17, 15) is 4.79 Å². The third kappa shape index (κ3) is 4.29. The molecule has 0 aliphatic rings. The van der Waals surface area contributed by atoms with Gasteiger partial charge in [0.05, 0.1) is 11.4 Å². The van der Waals surface area contributed by atoms with Gasteiger partial charge in [-0.1, -0.05) is 23.2 Å². The highest BCUT2D eigenvalue weighted by molar-refractivity contribution is 6.31. The maximum Gasteiger partial charge on any atom is 0.262 e. The van der Waals surface area contributed by atoms with E-state index in [0.717, 1.165) is 5.56 Å². The molecule has 8 heteroatoms. The minimum atomic E-state index is -0.323. The Morgan fingerprint density at radius 2 is 2.08 bits per heavy atom. The summed E-state index contributed by atoms with van der Waals surface area (Å²) >= 11 is 12.0. The Labute approximate surface area is 154 Å². The van der Waals surface area contributed by atoms with Gasteiger partial charge < -0.3 is 10.1 Å². The quantitative estimate of drug-likeness (QED) is 0.732. The van der Waals surface area contributed by atoms with Crippen molar-refractivity contribution in [3.05, 3.63) is 64.7 Å². The SMILES string of the molecule is Cc1cc(OCC(=O)Nc2cc(Cl)ccc2-n2cncn2)ccc1Cl. The predicted octanol–water partition coefficient (Wildman–Crippen LogP) is 3.90. The Morgan fingerprint density at radius 1 is 1.24 bits per heavy atom. The molecule has 3 aromatic rings. The van der Waals surface area contributed by atoms with Crippen LogP contribution in [-0.2, 0) is 4.79 Å². The first-order valence-corrected chi connectivity index (χ1v) is 8.12. The van der Waals surface area contributed by atoms with Crippen LogP contribution in [0.5, 0.6) is 5.75 Å². The number of amides is 1. The van der Waals surface area contributed by atoms with Gasteiger partial charge in [0, 0.05) is 10.0 Å². The van der Waals surface area contributed by atoms with Gasteiger partial charge in [0.2, 0.25) is 0 Å². The van der Waals surface area contributed by atoms with Crippen LogP contribution >= 0.6 is 23.2 Å². The van der Waals surface area contributed by atoms with E-state index in [4.69, 9.17) is 27.9 Å². The van der Waals surface area contributed by atoms with Crippen LogP contribution in [-0.4, -0.2) is 27.3 Å². The number of halogens is 2. The zero-order valence-corrected chi connectivity index (χ0v) is 14.8. The molecule has 3 rings (SSSR count). The van der Waals surface area contributed by atoms with E-state index >= 15 is 0 Å². The minimum absolute atomic E-state index is 0.148. The molecule has 1 aromatic heterocycles. The van der Waals surface area contributed by atoms with E-state index in [1.165, 1.54) is 17.3 Å². The van der Waals surface area contributed by atoms with Crippen molar-refractivity contribution in [2.75, 3.05) is 11.9 Å². The van der Waals surface area contributed by atoms with Gasteiger partial charge in [-0.05, 0) is 48.9 Å². The van der Waals surface area contributed by atoms with Crippen LogP contribution in [0.4, 0.5) is 5.69 Å². The number of carbonyl (C=O) groups is 1. The lowest BCUT2D eigenvalue weighted by Crippen LogP contribution is -2.21. The molecular weight excluding hydrogens is 363 g/mol. The van der Waals surface area contributed by atoms with Gasteiger partial charge in [0.25, 0.3) is 5.91 Å². The fraction of sp³-hybridized carbons (Fsp3) is 0.118. The second-order valence-electron chi connectivity index (χ2n) is 5.25. The highest BCUT2D eigenvalue weighted by Crippen LogP contribution is 2.24. The average Bonchev–Trinajstić information content (AvgIpc) is 3.10. The van der Waals surface area contributed by atoms with Crippen molar-refractivity contribution in [3.63, 3.8) is 0 Å². The average molecular weight is 377 g/mol. The summed E-state index contributed by atoms with van der Waals surface area (Å²) < 4.78 is 7.04. The molecule has 6 nitrogen and oxygen atoms in total. The molecule has 0 saturated heterocycles. The number of hydrogen-bond acceptors (Lipinski definition) is 4. The van der Waals surface area contributed by atoms with Gasteiger partial charge in [-0.2, -0.15) is 5.10 Å². The number of hydrogen-bond donors (Lipinski definition) is 1. The first-order valence-electron chi connectivity index (χ1n) is 7.36. The summed E-state index contributed by atoms with van der Waals surface area (Å²) in [4.78, 5) is 16.1. The van der Waals surface area contributed by atoms with Crippen LogP contribution in [0.3, 0.4) is 0 Å². The summed E-state index contributed by atoms with van der Waals surface area (Å²) in [5, 5.41) is 7.98. The third-order valence-corrected chi connectivity index (χ3v) is 4.06. The maximum absolute atomic E-state index is 12.2. The van der Waals surface area contributed by atoms with Crippen molar-refractivity contribution < 1.29 is 9.53 Å². The zero-order chi connectivity index (χ0) is 17.8. The van der Waals surface area contributed by atoms with Crippen molar-refractivity contribution in [1.29, 1.82) is 0 Å². The van der Waals surface area contributed by atoms with Gasteiger partial charge in [0.15, 0.2) is 6.61 Å². The largest absolute Gasteiger partial charge is 0.484 e. The monoisotopic (exact) mass is 376 g/mol. The molecule has 1 heterocycles. The van der Waals surface area contributed by atoms with Crippen molar-refractivity contribution >= 4 is 34.8 Å². The molecule has 128 valence electrons. The van der Waals surface area contributed by atoms with E-state index < -0.39 is 0 Å². The van der Waals surface area contributed by atoms with Crippen LogP contribution < -0.4 is 10.1 Å². The number of benzene rings is 2. The molecule has 0 radical (unpaired) electrons. The second-order valence-corrected chi connectivity index (χ2v) is 6.09. The summed E-state index contributed by atoms with van der Waals surface area (Å²) in [5.41, 5.74) is 2.04. The van der Waals surface area contributed by atoms with Crippen molar-refractivity contribution in [2.24, 2.45) is 0 Å². The number of anilines is 1. The molecule has 1 amide bonds. The van der Waals surface area contributed by atoms with E-state index in [1.807, 2.05) is 6.92 Å². The topological polar surface area (TPSA) is 69.0 Å².